The molecule has 0 bridgehead atoms. The van der Waals surface area contributed by atoms with Crippen LogP contribution in [-0.2, 0) is 34.1 Å². The number of rotatable bonds is 14. The molecule has 13 nitrogen and oxygen atoms in total. The van der Waals surface area contributed by atoms with Crippen molar-refractivity contribution in [3.05, 3.63) is 0 Å². The van der Waals surface area contributed by atoms with Gasteiger partial charge in [0.05, 0.1) is 24.9 Å². The second kappa shape index (κ2) is 15.2. The molecule has 0 saturated carbocycles. The first-order valence-electron chi connectivity index (χ1n) is 11.3. The van der Waals surface area contributed by atoms with Gasteiger partial charge in [0.25, 0.3) is 11.8 Å². The van der Waals surface area contributed by atoms with Gasteiger partial charge >= 0.3 is 41.6 Å². The van der Waals surface area contributed by atoms with Crippen LogP contribution in [0.2, 0.25) is 0 Å². The standard InChI is InChI=1S/C19H28N4O9S4.Na/c24-14(4-2-1-3-12-17-11(10-33-12)21-19(28)22-17)20-6-8-35-34-7-5-16(26)32-23-15(25)9-13(18(23)27)36(29,30)31;/h11-13,17H,1-10H2,(H,20,24)(H2,21,22,28)(H,29,30,31);/q;+1/p-1/t11-,12-,13+,17+;/m1./s1. The number of unbranched alkanes of at least 4 members (excludes halogenated alkanes) is 1. The SMILES string of the molecule is O=C(CCCC[C@H]1SC[C@H]2NC(=O)N[C@@H]21)NCCSSCCC(=O)ON1C(=O)C[C@H](S(=O)(=O)[O-])C1=O.[Na+]. The second-order valence-corrected chi connectivity index (χ2v) is 13.8. The van der Waals surface area contributed by atoms with Crippen LogP contribution in [0.4, 0.5) is 4.79 Å². The van der Waals surface area contributed by atoms with E-state index in [0.717, 1.165) is 25.0 Å². The van der Waals surface area contributed by atoms with Gasteiger partial charge in [-0.3, -0.25) is 14.4 Å². The minimum Gasteiger partial charge on any atom is -0.747 e. The fourth-order valence-corrected chi connectivity index (χ4v) is 8.00. The average Bonchev–Trinajstić information content (AvgIpc) is 3.44. The van der Waals surface area contributed by atoms with Gasteiger partial charge in [0.2, 0.25) is 5.91 Å². The number of urea groups is 1. The number of hydrogen-bond acceptors (Lipinski definition) is 12. The summed E-state index contributed by atoms with van der Waals surface area (Å²) in [6.45, 7) is 0.461. The van der Waals surface area contributed by atoms with Crippen LogP contribution in [0.5, 0.6) is 0 Å². The molecule has 0 aromatic heterocycles. The number of hydroxylamine groups is 2. The van der Waals surface area contributed by atoms with E-state index in [2.05, 4.69) is 20.8 Å². The molecule has 3 N–H and O–H groups in total. The Hall–Kier alpha value is -0.690. The van der Waals surface area contributed by atoms with E-state index in [4.69, 9.17) is 0 Å². The van der Waals surface area contributed by atoms with Crippen molar-refractivity contribution in [3.63, 3.8) is 0 Å². The molecule has 37 heavy (non-hydrogen) atoms. The minimum atomic E-state index is -5.01. The van der Waals surface area contributed by atoms with E-state index in [-0.39, 0.29) is 65.1 Å². The van der Waals surface area contributed by atoms with E-state index in [1.165, 1.54) is 21.6 Å². The first-order chi connectivity index (χ1) is 17.1. The summed E-state index contributed by atoms with van der Waals surface area (Å²) in [6, 6.07) is 0.275. The van der Waals surface area contributed by atoms with Crippen molar-refractivity contribution in [2.75, 3.05) is 23.8 Å². The molecule has 202 valence electrons. The molecule has 3 fully saturated rings. The van der Waals surface area contributed by atoms with Crippen molar-refractivity contribution in [3.8, 4) is 0 Å². The van der Waals surface area contributed by atoms with Crippen LogP contribution < -0.4 is 45.5 Å². The Morgan fingerprint density at radius 2 is 1.86 bits per heavy atom. The first-order valence-corrected chi connectivity index (χ1v) is 16.3. The number of hydrogen-bond donors (Lipinski definition) is 3. The third-order valence-electron chi connectivity index (χ3n) is 5.66. The molecule has 0 aromatic carbocycles. The molecule has 5 amide bonds. The van der Waals surface area contributed by atoms with Crippen LogP contribution in [0.15, 0.2) is 0 Å². The molecular formula is C19H27N4NaO9S4. The molecule has 18 heteroatoms. The molecule has 3 heterocycles. The predicted octanol–water partition coefficient (Wildman–Crippen LogP) is -3.27. The number of amides is 5. The van der Waals surface area contributed by atoms with Crippen LogP contribution in [-0.4, -0.2) is 94.1 Å². The minimum absolute atomic E-state index is 0. The van der Waals surface area contributed by atoms with Gasteiger partial charge in [0, 0.05) is 35.5 Å². The largest absolute Gasteiger partial charge is 1.00 e. The van der Waals surface area contributed by atoms with E-state index in [0.29, 0.717) is 29.7 Å². The summed E-state index contributed by atoms with van der Waals surface area (Å²) in [6.07, 6.45) is 2.08. The predicted molar refractivity (Wildman–Crippen MR) is 133 cm³/mol. The Bertz CT molecular complexity index is 987. The Kier molecular flexibility index (Phi) is 13.4. The van der Waals surface area contributed by atoms with Gasteiger partial charge in [-0.15, -0.1) is 5.06 Å². The number of nitrogens with zero attached hydrogens (tertiary/aromatic N) is 1. The van der Waals surface area contributed by atoms with E-state index in [1.54, 1.807) is 0 Å². The van der Waals surface area contributed by atoms with Crippen molar-refractivity contribution in [2.45, 2.75) is 61.1 Å². The third kappa shape index (κ3) is 9.77. The monoisotopic (exact) mass is 606 g/mol. The molecule has 0 aromatic rings. The summed E-state index contributed by atoms with van der Waals surface area (Å²) in [5.74, 6) is -1.53. The topological polar surface area (TPSA) is 191 Å². The number of imide groups is 1. The maximum Gasteiger partial charge on any atom is 1.00 e. The zero-order valence-electron chi connectivity index (χ0n) is 20.1. The summed E-state index contributed by atoms with van der Waals surface area (Å²) in [5, 5.41) is 7.06. The third-order valence-corrected chi connectivity index (χ3v) is 10.6. The quantitative estimate of drug-likeness (QED) is 0.0447. The van der Waals surface area contributed by atoms with Gasteiger partial charge in [0.15, 0.2) is 0 Å². The Labute approximate surface area is 248 Å². The summed E-state index contributed by atoms with van der Waals surface area (Å²) < 4.78 is 32.9. The number of fused-ring (bicyclic) bond motifs is 1. The maximum atomic E-state index is 12.0. The van der Waals surface area contributed by atoms with E-state index in [1.807, 2.05) is 11.8 Å². The second-order valence-electron chi connectivity index (χ2n) is 8.29. The van der Waals surface area contributed by atoms with Gasteiger partial charge in [-0.25, -0.2) is 18.0 Å². The molecule has 3 saturated heterocycles. The fraction of sp³-hybridized carbons (Fsp3) is 0.737. The number of nitrogens with one attached hydrogen (secondary N) is 3. The number of thioether (sulfide) groups is 1. The Balaban J connectivity index is 0.00000481. The summed E-state index contributed by atoms with van der Waals surface area (Å²) in [4.78, 5) is 63.2. The van der Waals surface area contributed by atoms with Crippen LogP contribution >= 0.6 is 33.3 Å². The fourth-order valence-electron chi connectivity index (χ4n) is 3.89. The van der Waals surface area contributed by atoms with Crippen LogP contribution in [0.3, 0.4) is 0 Å². The van der Waals surface area contributed by atoms with Gasteiger partial charge in [-0.2, -0.15) is 11.8 Å². The summed E-state index contributed by atoms with van der Waals surface area (Å²) >= 11 is 1.85. The first kappa shape index (κ1) is 32.5. The molecule has 3 aliphatic rings. The summed E-state index contributed by atoms with van der Waals surface area (Å²) in [7, 11) is -2.25. The van der Waals surface area contributed by atoms with Gasteiger partial charge in [-0.05, 0) is 12.8 Å². The summed E-state index contributed by atoms with van der Waals surface area (Å²) in [5.41, 5.74) is 0. The zero-order chi connectivity index (χ0) is 26.3. The Morgan fingerprint density at radius 3 is 2.57 bits per heavy atom. The van der Waals surface area contributed by atoms with Gasteiger partial charge in [-0.1, -0.05) is 28.0 Å². The normalized spacial score (nSPS) is 24.8. The van der Waals surface area contributed by atoms with Crippen LogP contribution in [0.25, 0.3) is 0 Å². The van der Waals surface area contributed by atoms with Crippen molar-refractivity contribution in [2.24, 2.45) is 0 Å². The van der Waals surface area contributed by atoms with Gasteiger partial charge in [0.1, 0.15) is 15.4 Å². The molecule has 0 aliphatic carbocycles. The molecule has 0 spiro atoms. The van der Waals surface area contributed by atoms with E-state index < -0.39 is 39.6 Å². The van der Waals surface area contributed by atoms with E-state index in [9.17, 15) is 36.9 Å². The molecular weight excluding hydrogens is 579 g/mol. The van der Waals surface area contributed by atoms with Crippen molar-refractivity contribution in [1.82, 2.24) is 21.0 Å². The average molecular weight is 607 g/mol. The molecule has 0 unspecified atom stereocenters. The zero-order valence-corrected chi connectivity index (χ0v) is 25.4. The number of carbonyl (C=O) groups is 5. The smallest absolute Gasteiger partial charge is 0.747 e. The maximum absolute atomic E-state index is 12.0. The Morgan fingerprint density at radius 1 is 1.14 bits per heavy atom. The van der Waals surface area contributed by atoms with Crippen LogP contribution in [0.1, 0.15) is 38.5 Å². The van der Waals surface area contributed by atoms with E-state index >= 15 is 0 Å². The van der Waals surface area contributed by atoms with Crippen molar-refractivity contribution >= 4 is 73.2 Å². The molecule has 3 rings (SSSR count). The number of carbonyl (C=O) groups excluding carboxylic acids is 5. The van der Waals surface area contributed by atoms with Crippen molar-refractivity contribution < 1.29 is 71.3 Å². The molecule has 3 aliphatic heterocycles. The molecule has 0 radical (unpaired) electrons. The van der Waals surface area contributed by atoms with Crippen molar-refractivity contribution in [1.29, 1.82) is 0 Å². The molecule has 4 atom stereocenters. The van der Waals surface area contributed by atoms with Crippen LogP contribution in [0, 0.1) is 0 Å². The van der Waals surface area contributed by atoms with Gasteiger partial charge < -0.3 is 25.3 Å².